The Balaban J connectivity index is 1.93. The molecule has 4 aromatic carbocycles. The second kappa shape index (κ2) is 11.1. The van der Waals surface area contributed by atoms with Crippen molar-refractivity contribution in [1.82, 2.24) is 0 Å². The molecule has 0 aliphatic rings. The Bertz CT molecular complexity index is 1500. The lowest BCUT2D eigenvalue weighted by Crippen LogP contribution is -2.36. The monoisotopic (exact) mass is 470 g/mol. The number of hydrogen-bond donors (Lipinski definition) is 2. The van der Waals surface area contributed by atoms with Gasteiger partial charge in [-0.15, -0.1) is 0 Å². The van der Waals surface area contributed by atoms with E-state index in [0.717, 1.165) is 5.56 Å². The number of primary amides is 2. The minimum atomic E-state index is -0.746. The second-order valence-electron chi connectivity index (χ2n) is 7.56. The molecule has 6 heteroatoms. The standard InChI is InChI=1S/C30H22N4O2/c31-29(35)33(25-18-6-2-7-19-25)27-22-12-17-24(16-11-10-15-23-13-4-1-5-14-23)28(27)34(30(32)36)26-20-8-3-9-21-26/h1-9,12-14,17-22H,(H2,31,35)(H2,32,36). The molecule has 0 spiro atoms. The zero-order valence-electron chi connectivity index (χ0n) is 19.3. The summed E-state index contributed by atoms with van der Waals surface area (Å²) in [5, 5.41) is 0. The zero-order valence-corrected chi connectivity index (χ0v) is 19.3. The number of carbonyl (C=O) groups excluding carboxylic acids is 2. The third-order valence-corrected chi connectivity index (χ3v) is 5.19. The Hall–Kier alpha value is -5.46. The third-order valence-electron chi connectivity index (χ3n) is 5.19. The molecule has 0 saturated carbocycles. The molecule has 0 bridgehead atoms. The predicted octanol–water partition coefficient (Wildman–Crippen LogP) is 5.52. The molecule has 0 fully saturated rings. The summed E-state index contributed by atoms with van der Waals surface area (Å²) in [4.78, 5) is 28.1. The summed E-state index contributed by atoms with van der Waals surface area (Å²) < 4.78 is 0. The van der Waals surface area contributed by atoms with Crippen LogP contribution in [0.25, 0.3) is 0 Å². The van der Waals surface area contributed by atoms with Crippen LogP contribution in [-0.2, 0) is 0 Å². The fourth-order valence-electron chi connectivity index (χ4n) is 3.68. The summed E-state index contributed by atoms with van der Waals surface area (Å²) in [5.41, 5.74) is 14.6. The molecule has 174 valence electrons. The van der Waals surface area contributed by atoms with Gasteiger partial charge in [0.15, 0.2) is 0 Å². The predicted molar refractivity (Wildman–Crippen MR) is 143 cm³/mol. The number of rotatable bonds is 4. The van der Waals surface area contributed by atoms with Crippen molar-refractivity contribution in [3.05, 3.63) is 120 Å². The van der Waals surface area contributed by atoms with Crippen molar-refractivity contribution in [2.24, 2.45) is 11.5 Å². The van der Waals surface area contributed by atoms with Gasteiger partial charge in [-0.2, -0.15) is 0 Å². The number of carbonyl (C=O) groups is 2. The molecule has 0 aliphatic heterocycles. The van der Waals surface area contributed by atoms with Crippen molar-refractivity contribution in [2.45, 2.75) is 0 Å². The van der Waals surface area contributed by atoms with Crippen LogP contribution in [-0.4, -0.2) is 12.1 Å². The first-order valence-corrected chi connectivity index (χ1v) is 11.1. The molecular weight excluding hydrogens is 448 g/mol. The first-order chi connectivity index (χ1) is 17.6. The van der Waals surface area contributed by atoms with Gasteiger partial charge in [-0.05, 0) is 60.4 Å². The number of urea groups is 2. The largest absolute Gasteiger partial charge is 0.351 e. The normalized spacial score (nSPS) is 9.67. The number of para-hydroxylation sites is 3. The molecule has 0 radical (unpaired) electrons. The summed E-state index contributed by atoms with van der Waals surface area (Å²) >= 11 is 0. The molecule has 0 aromatic heterocycles. The van der Waals surface area contributed by atoms with Gasteiger partial charge in [0.2, 0.25) is 0 Å². The Labute approximate surface area is 209 Å². The molecule has 0 heterocycles. The summed E-state index contributed by atoms with van der Waals surface area (Å²) in [7, 11) is 0. The van der Waals surface area contributed by atoms with Gasteiger partial charge in [0.25, 0.3) is 0 Å². The lowest BCUT2D eigenvalue weighted by atomic mass is 10.1. The summed E-state index contributed by atoms with van der Waals surface area (Å²) in [5.74, 6) is 11.7. The van der Waals surface area contributed by atoms with Gasteiger partial charge < -0.3 is 11.5 Å². The SMILES string of the molecule is NC(=O)N(c1ccccc1)c1cccc(C#CC#Cc2ccccc2)c1N(C(N)=O)c1ccccc1. The van der Waals surface area contributed by atoms with Crippen molar-refractivity contribution in [3.63, 3.8) is 0 Å². The molecular formula is C30H22N4O2. The van der Waals surface area contributed by atoms with E-state index >= 15 is 0 Å². The quantitative estimate of drug-likeness (QED) is 0.384. The number of nitrogens with two attached hydrogens (primary N) is 2. The summed E-state index contributed by atoms with van der Waals surface area (Å²) in [6, 6.07) is 30.9. The Morgan fingerprint density at radius 1 is 0.556 bits per heavy atom. The van der Waals surface area contributed by atoms with Crippen LogP contribution in [0.4, 0.5) is 32.3 Å². The van der Waals surface area contributed by atoms with E-state index in [1.54, 1.807) is 66.7 Å². The van der Waals surface area contributed by atoms with Crippen molar-refractivity contribution < 1.29 is 9.59 Å². The molecule has 4 rings (SSSR count). The van der Waals surface area contributed by atoms with Crippen LogP contribution >= 0.6 is 0 Å². The fraction of sp³-hybridized carbons (Fsp3) is 0. The van der Waals surface area contributed by atoms with Crippen molar-refractivity contribution >= 4 is 34.8 Å². The van der Waals surface area contributed by atoms with Gasteiger partial charge in [0.05, 0.1) is 28.3 Å². The maximum absolute atomic E-state index is 12.8. The molecule has 36 heavy (non-hydrogen) atoms. The summed E-state index contributed by atoms with van der Waals surface area (Å²) in [6.45, 7) is 0. The number of benzene rings is 4. The van der Waals surface area contributed by atoms with E-state index < -0.39 is 12.1 Å². The smallest absolute Gasteiger partial charge is 0.323 e. The van der Waals surface area contributed by atoms with Crippen molar-refractivity contribution in [2.75, 3.05) is 9.80 Å². The molecule has 6 nitrogen and oxygen atoms in total. The van der Waals surface area contributed by atoms with Gasteiger partial charge in [-0.25, -0.2) is 9.59 Å². The molecule has 0 unspecified atom stereocenters. The molecule has 4 N–H and O–H groups in total. The van der Waals surface area contributed by atoms with Gasteiger partial charge in [-0.3, -0.25) is 9.80 Å². The van der Waals surface area contributed by atoms with Crippen LogP contribution < -0.4 is 21.3 Å². The maximum atomic E-state index is 12.8. The molecule has 0 aliphatic carbocycles. The van der Waals surface area contributed by atoms with Gasteiger partial charge in [-0.1, -0.05) is 72.5 Å². The Kier molecular flexibility index (Phi) is 7.31. The van der Waals surface area contributed by atoms with E-state index in [9.17, 15) is 9.59 Å². The van der Waals surface area contributed by atoms with Gasteiger partial charge in [0.1, 0.15) is 0 Å². The summed E-state index contributed by atoms with van der Waals surface area (Å²) in [6.07, 6.45) is 0. The van der Waals surface area contributed by atoms with E-state index in [2.05, 4.69) is 23.7 Å². The molecule has 4 aromatic rings. The van der Waals surface area contributed by atoms with Crippen LogP contribution in [0.5, 0.6) is 0 Å². The van der Waals surface area contributed by atoms with E-state index in [4.69, 9.17) is 11.5 Å². The van der Waals surface area contributed by atoms with Crippen LogP contribution in [0.15, 0.2) is 109 Å². The highest BCUT2D eigenvalue weighted by atomic mass is 16.2. The first-order valence-electron chi connectivity index (χ1n) is 11.1. The zero-order chi connectivity index (χ0) is 25.3. The van der Waals surface area contributed by atoms with Gasteiger partial charge in [0, 0.05) is 5.56 Å². The molecule has 0 saturated heterocycles. The van der Waals surface area contributed by atoms with Crippen LogP contribution in [0.2, 0.25) is 0 Å². The number of amides is 4. The average Bonchev–Trinajstić information content (AvgIpc) is 2.89. The minimum Gasteiger partial charge on any atom is -0.351 e. The van der Waals surface area contributed by atoms with E-state index in [1.807, 2.05) is 42.5 Å². The maximum Gasteiger partial charge on any atom is 0.323 e. The highest BCUT2D eigenvalue weighted by Crippen LogP contribution is 2.40. The van der Waals surface area contributed by atoms with Crippen LogP contribution in [0, 0.1) is 23.7 Å². The highest BCUT2D eigenvalue weighted by Gasteiger charge is 2.27. The highest BCUT2D eigenvalue weighted by molar-refractivity contribution is 6.09. The van der Waals surface area contributed by atoms with Gasteiger partial charge >= 0.3 is 12.1 Å². The van der Waals surface area contributed by atoms with Crippen LogP contribution in [0.3, 0.4) is 0 Å². The van der Waals surface area contributed by atoms with E-state index in [0.29, 0.717) is 28.3 Å². The topological polar surface area (TPSA) is 92.7 Å². The number of anilines is 4. The lowest BCUT2D eigenvalue weighted by Gasteiger charge is -2.29. The molecule has 0 atom stereocenters. The number of hydrogen-bond acceptors (Lipinski definition) is 2. The van der Waals surface area contributed by atoms with Crippen LogP contribution in [0.1, 0.15) is 11.1 Å². The Morgan fingerprint density at radius 2 is 1.06 bits per heavy atom. The average molecular weight is 471 g/mol. The lowest BCUT2D eigenvalue weighted by molar-refractivity contribution is 0.254. The second-order valence-corrected chi connectivity index (χ2v) is 7.56. The fourth-order valence-corrected chi connectivity index (χ4v) is 3.68. The first kappa shape index (κ1) is 23.7. The van der Waals surface area contributed by atoms with Crippen molar-refractivity contribution in [3.8, 4) is 23.7 Å². The molecule has 4 amide bonds. The number of nitrogens with zero attached hydrogens (tertiary/aromatic N) is 2. The third kappa shape index (κ3) is 5.36. The minimum absolute atomic E-state index is 0.313. The Morgan fingerprint density at radius 3 is 1.61 bits per heavy atom. The van der Waals surface area contributed by atoms with Crippen molar-refractivity contribution in [1.29, 1.82) is 0 Å². The van der Waals surface area contributed by atoms with E-state index in [1.165, 1.54) is 9.80 Å². The van der Waals surface area contributed by atoms with E-state index in [-0.39, 0.29) is 0 Å².